The van der Waals surface area contributed by atoms with Crippen LogP contribution in [0.15, 0.2) is 29.6 Å². The molecule has 1 amide bonds. The summed E-state index contributed by atoms with van der Waals surface area (Å²) in [5, 5.41) is 14.9. The highest BCUT2D eigenvalue weighted by Crippen LogP contribution is 2.39. The van der Waals surface area contributed by atoms with Crippen LogP contribution in [0.3, 0.4) is 0 Å². The molecule has 1 fully saturated rings. The number of carbonyl (C=O) groups excluding carboxylic acids is 2. The second kappa shape index (κ2) is 10.2. The Morgan fingerprint density at radius 2 is 2.00 bits per heavy atom. The summed E-state index contributed by atoms with van der Waals surface area (Å²) in [6.45, 7) is 3.98. The van der Waals surface area contributed by atoms with Gasteiger partial charge in [-0.15, -0.1) is 11.3 Å². The fourth-order valence-electron chi connectivity index (χ4n) is 3.43. The molecule has 2 heterocycles. The van der Waals surface area contributed by atoms with Gasteiger partial charge in [0.1, 0.15) is 10.6 Å². The second-order valence-electron chi connectivity index (χ2n) is 7.00. The first-order valence-corrected chi connectivity index (χ1v) is 11.0. The second-order valence-corrected chi connectivity index (χ2v) is 8.29. The molecule has 0 saturated carbocycles. The van der Waals surface area contributed by atoms with E-state index in [-0.39, 0.29) is 25.7 Å². The first-order valence-electron chi connectivity index (χ1n) is 9.70. The van der Waals surface area contributed by atoms with Crippen molar-refractivity contribution in [2.75, 3.05) is 38.2 Å². The molecule has 0 atom stereocenters. The summed E-state index contributed by atoms with van der Waals surface area (Å²) >= 11 is 7.61. The van der Waals surface area contributed by atoms with E-state index in [1.807, 2.05) is 23.6 Å². The van der Waals surface area contributed by atoms with Crippen molar-refractivity contribution >= 4 is 39.8 Å². The van der Waals surface area contributed by atoms with Crippen molar-refractivity contribution in [1.29, 1.82) is 0 Å². The van der Waals surface area contributed by atoms with Gasteiger partial charge in [0.05, 0.1) is 13.2 Å². The number of ether oxygens (including phenoxy) is 1. The summed E-state index contributed by atoms with van der Waals surface area (Å²) in [7, 11) is 0. The van der Waals surface area contributed by atoms with E-state index >= 15 is 0 Å². The maximum Gasteiger partial charge on any atom is 0.341 e. The van der Waals surface area contributed by atoms with E-state index < -0.39 is 5.97 Å². The Kier molecular flexibility index (Phi) is 7.66. The Hall–Kier alpha value is -1.93. The van der Waals surface area contributed by atoms with Gasteiger partial charge in [-0.3, -0.25) is 9.69 Å². The van der Waals surface area contributed by atoms with Gasteiger partial charge in [0, 0.05) is 28.1 Å². The number of benzene rings is 1. The molecule has 1 aromatic heterocycles. The summed E-state index contributed by atoms with van der Waals surface area (Å²) in [6.07, 6.45) is 1.76. The summed E-state index contributed by atoms with van der Waals surface area (Å²) in [6, 6.07) is 7.27. The summed E-state index contributed by atoms with van der Waals surface area (Å²) in [5.74, 6) is -0.339. The quantitative estimate of drug-likeness (QED) is 0.644. The van der Waals surface area contributed by atoms with E-state index in [0.717, 1.165) is 31.5 Å². The van der Waals surface area contributed by atoms with Gasteiger partial charge in [-0.25, -0.2) is 4.79 Å². The van der Waals surface area contributed by atoms with Gasteiger partial charge in [0.15, 0.2) is 0 Å². The highest BCUT2D eigenvalue weighted by molar-refractivity contribution is 7.15. The molecule has 0 unspecified atom stereocenters. The van der Waals surface area contributed by atoms with Gasteiger partial charge in [0.25, 0.3) is 0 Å². The lowest BCUT2D eigenvalue weighted by atomic mass is 9.98. The molecule has 3 rings (SSSR count). The van der Waals surface area contributed by atoms with Crippen LogP contribution in [0.5, 0.6) is 0 Å². The Bertz CT molecular complexity index is 862. The van der Waals surface area contributed by atoms with Crippen LogP contribution in [0.4, 0.5) is 5.00 Å². The maximum absolute atomic E-state index is 12.6. The number of piperidine rings is 1. The van der Waals surface area contributed by atoms with Crippen molar-refractivity contribution < 1.29 is 19.4 Å². The van der Waals surface area contributed by atoms with E-state index in [1.54, 1.807) is 13.0 Å². The average molecular weight is 437 g/mol. The molecule has 1 aliphatic heterocycles. The number of nitrogens with zero attached hydrogens (tertiary/aromatic N) is 1. The molecule has 1 saturated heterocycles. The third kappa shape index (κ3) is 5.36. The van der Waals surface area contributed by atoms with E-state index in [2.05, 4.69) is 10.2 Å². The van der Waals surface area contributed by atoms with Crippen LogP contribution >= 0.6 is 22.9 Å². The number of rotatable bonds is 7. The average Bonchev–Trinajstić information content (AvgIpc) is 3.12. The number of aliphatic hydroxyl groups excluding tert-OH is 1. The van der Waals surface area contributed by atoms with E-state index in [1.165, 1.54) is 11.3 Å². The SMILES string of the molecule is CCOC(=O)c1c(-c2ccccc2Cl)csc1NC(=O)CN1CCC(CO)CC1. The number of halogens is 1. The molecule has 1 aromatic carbocycles. The molecule has 8 heteroatoms. The first-order chi connectivity index (χ1) is 14.0. The Labute approximate surface area is 179 Å². The third-order valence-corrected chi connectivity index (χ3v) is 6.25. The molecule has 0 radical (unpaired) electrons. The Morgan fingerprint density at radius 1 is 1.28 bits per heavy atom. The number of esters is 1. The zero-order chi connectivity index (χ0) is 20.8. The predicted octanol–water partition coefficient (Wildman–Crippen LogP) is 3.89. The summed E-state index contributed by atoms with van der Waals surface area (Å²) in [4.78, 5) is 27.3. The number of anilines is 1. The molecule has 0 spiro atoms. The highest BCUT2D eigenvalue weighted by Gasteiger charge is 2.25. The number of hydrogen-bond acceptors (Lipinski definition) is 6. The summed E-state index contributed by atoms with van der Waals surface area (Å²) < 4.78 is 5.22. The number of aliphatic hydroxyl groups is 1. The van der Waals surface area contributed by atoms with E-state index in [4.69, 9.17) is 16.3 Å². The predicted molar refractivity (Wildman–Crippen MR) is 116 cm³/mol. The minimum Gasteiger partial charge on any atom is -0.462 e. The Morgan fingerprint density at radius 3 is 2.66 bits per heavy atom. The highest BCUT2D eigenvalue weighted by atomic mass is 35.5. The topological polar surface area (TPSA) is 78.9 Å². The normalized spacial score (nSPS) is 15.3. The standard InChI is InChI=1S/C21H25ClN2O4S/c1-2-28-21(27)19-16(15-5-3-4-6-17(15)22)13-29-20(19)23-18(26)11-24-9-7-14(12-25)8-10-24/h3-6,13-14,25H,2,7-12H2,1H3,(H,23,26). The van der Waals surface area contributed by atoms with Crippen molar-refractivity contribution in [3.05, 3.63) is 40.2 Å². The van der Waals surface area contributed by atoms with Crippen molar-refractivity contribution in [1.82, 2.24) is 4.90 Å². The number of thiophene rings is 1. The molecular formula is C21H25ClN2O4S. The molecular weight excluding hydrogens is 412 g/mol. The Balaban J connectivity index is 1.77. The lowest BCUT2D eigenvalue weighted by Crippen LogP contribution is -2.39. The van der Waals surface area contributed by atoms with Crippen LogP contribution in [0.25, 0.3) is 11.1 Å². The number of hydrogen-bond donors (Lipinski definition) is 2. The van der Waals surface area contributed by atoms with Gasteiger partial charge >= 0.3 is 5.97 Å². The zero-order valence-electron chi connectivity index (χ0n) is 16.3. The zero-order valence-corrected chi connectivity index (χ0v) is 17.9. The van der Waals surface area contributed by atoms with E-state index in [9.17, 15) is 14.7 Å². The molecule has 2 aromatic rings. The summed E-state index contributed by atoms with van der Waals surface area (Å²) in [5.41, 5.74) is 1.70. The number of nitrogens with one attached hydrogen (secondary N) is 1. The van der Waals surface area contributed by atoms with Gasteiger partial charge in [0.2, 0.25) is 5.91 Å². The fourth-order valence-corrected chi connectivity index (χ4v) is 4.63. The number of amides is 1. The van der Waals surface area contributed by atoms with Crippen LogP contribution in [0.2, 0.25) is 5.02 Å². The molecule has 0 aliphatic carbocycles. The van der Waals surface area contributed by atoms with Crippen molar-refractivity contribution in [2.24, 2.45) is 5.92 Å². The third-order valence-electron chi connectivity index (χ3n) is 5.02. The molecule has 2 N–H and O–H groups in total. The van der Waals surface area contributed by atoms with Gasteiger partial charge in [-0.1, -0.05) is 29.8 Å². The van der Waals surface area contributed by atoms with Crippen LogP contribution in [0, 0.1) is 5.92 Å². The molecule has 29 heavy (non-hydrogen) atoms. The number of likely N-dealkylation sites (tertiary alicyclic amines) is 1. The van der Waals surface area contributed by atoms with Crippen LogP contribution in [0.1, 0.15) is 30.1 Å². The minimum absolute atomic E-state index is 0.175. The van der Waals surface area contributed by atoms with Gasteiger partial charge < -0.3 is 15.2 Å². The monoisotopic (exact) mass is 436 g/mol. The van der Waals surface area contributed by atoms with Crippen molar-refractivity contribution in [2.45, 2.75) is 19.8 Å². The minimum atomic E-state index is -0.484. The lowest BCUT2D eigenvalue weighted by Gasteiger charge is -2.30. The molecule has 156 valence electrons. The molecule has 0 bridgehead atoms. The maximum atomic E-state index is 12.6. The van der Waals surface area contributed by atoms with Gasteiger partial charge in [-0.05, 0) is 44.8 Å². The van der Waals surface area contributed by atoms with Gasteiger partial charge in [-0.2, -0.15) is 0 Å². The van der Waals surface area contributed by atoms with Crippen LogP contribution in [-0.4, -0.2) is 54.7 Å². The number of carbonyl (C=O) groups is 2. The molecule has 6 nitrogen and oxygen atoms in total. The smallest absolute Gasteiger partial charge is 0.341 e. The fraction of sp³-hybridized carbons (Fsp3) is 0.429. The van der Waals surface area contributed by atoms with Crippen LogP contribution in [-0.2, 0) is 9.53 Å². The van der Waals surface area contributed by atoms with Crippen molar-refractivity contribution in [3.63, 3.8) is 0 Å². The van der Waals surface area contributed by atoms with Crippen molar-refractivity contribution in [3.8, 4) is 11.1 Å². The van der Waals surface area contributed by atoms with Crippen LogP contribution < -0.4 is 5.32 Å². The largest absolute Gasteiger partial charge is 0.462 e. The molecule has 1 aliphatic rings. The lowest BCUT2D eigenvalue weighted by molar-refractivity contribution is -0.117. The van der Waals surface area contributed by atoms with E-state index in [0.29, 0.717) is 27.1 Å². The first kappa shape index (κ1) is 21.8.